The lowest BCUT2D eigenvalue weighted by atomic mass is 10.2. The fourth-order valence-corrected chi connectivity index (χ4v) is 2.10. The van der Waals surface area contributed by atoms with Gasteiger partial charge in [-0.05, 0) is 48.5 Å². The number of halogens is 1. The molecule has 3 rings (SSSR count). The van der Waals surface area contributed by atoms with Crippen molar-refractivity contribution in [3.63, 3.8) is 0 Å². The van der Waals surface area contributed by atoms with Gasteiger partial charge in [-0.2, -0.15) is 5.10 Å². The number of hydrogen-bond acceptors (Lipinski definition) is 3. The predicted molar refractivity (Wildman–Crippen MR) is 99.0 cm³/mol. The van der Waals surface area contributed by atoms with Crippen LogP contribution >= 0.6 is 11.6 Å². The zero-order valence-electron chi connectivity index (χ0n) is 12.8. The summed E-state index contributed by atoms with van der Waals surface area (Å²) in [6, 6.07) is 26.5. The second kappa shape index (κ2) is 8.04. The summed E-state index contributed by atoms with van der Waals surface area (Å²) >= 11 is 5.95. The quantitative estimate of drug-likeness (QED) is 0.274. The molecule has 24 heavy (non-hydrogen) atoms. The second-order valence-electron chi connectivity index (χ2n) is 4.96. The summed E-state index contributed by atoms with van der Waals surface area (Å²) in [5.74, 6) is 0.472. The molecule has 0 saturated heterocycles. The zero-order chi connectivity index (χ0) is 16.6. The van der Waals surface area contributed by atoms with Crippen molar-refractivity contribution in [3.05, 3.63) is 95.5 Å². The highest BCUT2D eigenvalue weighted by Gasteiger charge is 2.03. The lowest BCUT2D eigenvalue weighted by Crippen LogP contribution is -2.01. The van der Waals surface area contributed by atoms with Gasteiger partial charge in [-0.1, -0.05) is 48.0 Å². The van der Waals surface area contributed by atoms with Gasteiger partial charge in [-0.15, -0.1) is 10.2 Å². The number of amidine groups is 1. The van der Waals surface area contributed by atoms with Crippen LogP contribution in [0.4, 0.5) is 11.4 Å². The summed E-state index contributed by atoms with van der Waals surface area (Å²) in [4.78, 5) is 0. The van der Waals surface area contributed by atoms with Gasteiger partial charge in [0.15, 0.2) is 0 Å². The molecular formula is C19H15ClN4. The molecule has 0 atom stereocenters. The van der Waals surface area contributed by atoms with Crippen LogP contribution in [-0.2, 0) is 0 Å². The second-order valence-corrected chi connectivity index (χ2v) is 5.39. The van der Waals surface area contributed by atoms with Gasteiger partial charge in [-0.3, -0.25) is 5.43 Å². The van der Waals surface area contributed by atoms with E-state index in [0.29, 0.717) is 10.9 Å². The molecule has 5 heteroatoms. The molecule has 118 valence electrons. The van der Waals surface area contributed by atoms with E-state index in [-0.39, 0.29) is 0 Å². The van der Waals surface area contributed by atoms with Gasteiger partial charge in [-0.25, -0.2) is 0 Å². The largest absolute Gasteiger partial charge is 0.276 e. The Hall–Kier alpha value is -2.98. The van der Waals surface area contributed by atoms with E-state index >= 15 is 0 Å². The highest BCUT2D eigenvalue weighted by Crippen LogP contribution is 2.15. The Kier molecular flexibility index (Phi) is 5.32. The Morgan fingerprint density at radius 1 is 0.750 bits per heavy atom. The minimum Gasteiger partial charge on any atom is -0.276 e. The lowest BCUT2D eigenvalue weighted by molar-refractivity contribution is 1.22. The molecule has 1 N–H and O–H groups in total. The van der Waals surface area contributed by atoms with E-state index in [9.17, 15) is 0 Å². The van der Waals surface area contributed by atoms with Gasteiger partial charge < -0.3 is 0 Å². The highest BCUT2D eigenvalue weighted by atomic mass is 35.5. The summed E-state index contributed by atoms with van der Waals surface area (Å²) < 4.78 is 0. The summed E-state index contributed by atoms with van der Waals surface area (Å²) in [6.07, 6.45) is 0. The van der Waals surface area contributed by atoms with Gasteiger partial charge >= 0.3 is 0 Å². The molecular weight excluding hydrogens is 320 g/mol. The first-order valence-electron chi connectivity index (χ1n) is 7.43. The third-order valence-corrected chi connectivity index (χ3v) is 3.44. The van der Waals surface area contributed by atoms with E-state index in [1.807, 2.05) is 72.8 Å². The summed E-state index contributed by atoms with van der Waals surface area (Å²) in [5.41, 5.74) is 5.45. The van der Waals surface area contributed by atoms with Crippen molar-refractivity contribution < 1.29 is 0 Å². The van der Waals surface area contributed by atoms with Crippen LogP contribution in [0, 0.1) is 0 Å². The Labute approximate surface area is 145 Å². The molecule has 0 aliphatic carbocycles. The van der Waals surface area contributed by atoms with Crippen LogP contribution in [0.1, 0.15) is 5.56 Å². The molecule has 0 fully saturated rings. The van der Waals surface area contributed by atoms with Crippen molar-refractivity contribution in [1.82, 2.24) is 0 Å². The Balaban J connectivity index is 1.88. The predicted octanol–water partition coefficient (Wildman–Crippen LogP) is 5.90. The zero-order valence-corrected chi connectivity index (χ0v) is 13.6. The number of nitrogens with one attached hydrogen (secondary N) is 1. The normalized spacial score (nSPS) is 11.6. The first-order valence-corrected chi connectivity index (χ1v) is 7.80. The number of hydrazone groups is 1. The van der Waals surface area contributed by atoms with Crippen molar-refractivity contribution in [3.8, 4) is 0 Å². The fourth-order valence-electron chi connectivity index (χ4n) is 1.97. The Morgan fingerprint density at radius 2 is 1.38 bits per heavy atom. The molecule has 3 aromatic rings. The molecule has 0 saturated carbocycles. The number of benzene rings is 3. The van der Waals surface area contributed by atoms with Crippen molar-refractivity contribution in [2.75, 3.05) is 5.43 Å². The topological polar surface area (TPSA) is 49.1 Å². The van der Waals surface area contributed by atoms with Crippen molar-refractivity contribution in [1.29, 1.82) is 0 Å². The standard InChI is InChI=1S/C19H15ClN4/c20-16-13-11-15(12-14-16)19(23-21-17-7-3-1-4-8-17)24-22-18-9-5-2-6-10-18/h1-14,21H. The molecule has 0 bridgehead atoms. The Bertz CT molecular complexity index is 828. The maximum absolute atomic E-state index is 5.95. The van der Waals surface area contributed by atoms with Crippen LogP contribution < -0.4 is 5.43 Å². The first kappa shape index (κ1) is 15.9. The smallest absolute Gasteiger partial charge is 0.201 e. The van der Waals surface area contributed by atoms with Crippen molar-refractivity contribution >= 4 is 28.8 Å². The minimum absolute atomic E-state index is 0.472. The monoisotopic (exact) mass is 334 g/mol. The van der Waals surface area contributed by atoms with Gasteiger partial charge in [0, 0.05) is 10.6 Å². The van der Waals surface area contributed by atoms with Crippen LogP contribution in [0.15, 0.2) is 100 Å². The number of azo groups is 1. The van der Waals surface area contributed by atoms with Crippen LogP contribution in [0.2, 0.25) is 5.02 Å². The molecule has 3 aromatic carbocycles. The lowest BCUT2D eigenvalue weighted by Gasteiger charge is -2.03. The summed E-state index contributed by atoms with van der Waals surface area (Å²) in [6.45, 7) is 0. The highest BCUT2D eigenvalue weighted by molar-refractivity contribution is 6.30. The van der Waals surface area contributed by atoms with Crippen LogP contribution in [0.3, 0.4) is 0 Å². The SMILES string of the molecule is Clc1ccc(C(N=Nc2ccccc2)=NNc2ccccc2)cc1. The molecule has 0 heterocycles. The van der Waals surface area contributed by atoms with Gasteiger partial charge in [0.05, 0.1) is 11.4 Å². The number of anilines is 1. The average Bonchev–Trinajstić information content (AvgIpc) is 2.64. The van der Waals surface area contributed by atoms with E-state index in [4.69, 9.17) is 11.6 Å². The average molecular weight is 335 g/mol. The molecule has 4 nitrogen and oxygen atoms in total. The molecule has 0 radical (unpaired) electrons. The van der Waals surface area contributed by atoms with Crippen LogP contribution in [0.5, 0.6) is 0 Å². The molecule has 0 aliphatic rings. The van der Waals surface area contributed by atoms with Gasteiger partial charge in [0.2, 0.25) is 5.84 Å². The van der Waals surface area contributed by atoms with Crippen molar-refractivity contribution in [2.45, 2.75) is 0 Å². The fraction of sp³-hybridized carbons (Fsp3) is 0. The third-order valence-electron chi connectivity index (χ3n) is 3.18. The third kappa shape index (κ3) is 4.51. The first-order chi connectivity index (χ1) is 11.8. The van der Waals surface area contributed by atoms with Gasteiger partial charge in [0.1, 0.15) is 0 Å². The summed E-state index contributed by atoms with van der Waals surface area (Å²) in [7, 11) is 0. The maximum Gasteiger partial charge on any atom is 0.201 e. The summed E-state index contributed by atoms with van der Waals surface area (Å²) in [5, 5.41) is 13.6. The Morgan fingerprint density at radius 3 is 2.04 bits per heavy atom. The van der Waals surface area contributed by atoms with E-state index in [1.165, 1.54) is 0 Å². The molecule has 0 spiro atoms. The maximum atomic E-state index is 5.95. The molecule has 0 unspecified atom stereocenters. The van der Waals surface area contributed by atoms with Crippen molar-refractivity contribution in [2.24, 2.45) is 15.3 Å². The molecule has 0 aliphatic heterocycles. The van der Waals surface area contributed by atoms with Crippen LogP contribution in [0.25, 0.3) is 0 Å². The van der Waals surface area contributed by atoms with E-state index in [1.54, 1.807) is 12.1 Å². The molecule has 0 amide bonds. The van der Waals surface area contributed by atoms with Crippen LogP contribution in [-0.4, -0.2) is 5.84 Å². The van der Waals surface area contributed by atoms with E-state index < -0.39 is 0 Å². The number of hydrogen-bond donors (Lipinski definition) is 1. The number of rotatable bonds is 4. The molecule has 0 aromatic heterocycles. The minimum atomic E-state index is 0.472. The van der Waals surface area contributed by atoms with E-state index in [0.717, 1.165) is 16.9 Å². The number of nitrogens with zero attached hydrogens (tertiary/aromatic N) is 3. The van der Waals surface area contributed by atoms with E-state index in [2.05, 4.69) is 20.8 Å². The number of para-hydroxylation sites is 1. The van der Waals surface area contributed by atoms with Gasteiger partial charge in [0.25, 0.3) is 0 Å².